The van der Waals surface area contributed by atoms with E-state index in [-0.39, 0.29) is 5.97 Å². The van der Waals surface area contributed by atoms with E-state index in [0.29, 0.717) is 12.8 Å². The third-order valence-corrected chi connectivity index (χ3v) is 4.10. The molecule has 1 aromatic carbocycles. The minimum Gasteiger partial charge on any atom is -0.469 e. The first kappa shape index (κ1) is 13.7. The summed E-state index contributed by atoms with van der Waals surface area (Å²) in [6.07, 6.45) is 0.946. The lowest BCUT2D eigenvalue weighted by molar-refractivity contribution is -0.140. The molecule has 2 aromatic heterocycles. The van der Waals surface area contributed by atoms with Crippen molar-refractivity contribution in [1.82, 2.24) is 9.97 Å². The van der Waals surface area contributed by atoms with E-state index in [2.05, 4.69) is 14.7 Å². The first-order valence-corrected chi connectivity index (χ1v) is 7.51. The Hall–Kier alpha value is -2.27. The van der Waals surface area contributed by atoms with Gasteiger partial charge in [-0.2, -0.15) is 0 Å². The molecule has 0 fully saturated rings. The van der Waals surface area contributed by atoms with E-state index in [4.69, 9.17) is 0 Å². The highest BCUT2D eigenvalue weighted by molar-refractivity contribution is 7.13. The highest BCUT2D eigenvalue weighted by Gasteiger charge is 2.09. The van der Waals surface area contributed by atoms with Crippen molar-refractivity contribution in [2.75, 3.05) is 7.11 Å². The van der Waals surface area contributed by atoms with Crippen LogP contribution in [0.25, 0.3) is 21.6 Å². The van der Waals surface area contributed by atoms with Crippen molar-refractivity contribution >= 4 is 28.2 Å². The summed E-state index contributed by atoms with van der Waals surface area (Å²) in [5, 5.41) is 3.96. The molecule has 0 saturated carbocycles. The van der Waals surface area contributed by atoms with Crippen LogP contribution in [0.3, 0.4) is 0 Å². The van der Waals surface area contributed by atoms with Crippen molar-refractivity contribution < 1.29 is 9.53 Å². The molecule has 0 saturated heterocycles. The predicted molar refractivity (Wildman–Crippen MR) is 83.2 cm³/mol. The lowest BCUT2D eigenvalue weighted by Gasteiger charge is -1.99. The molecule has 0 bridgehead atoms. The van der Waals surface area contributed by atoms with Crippen molar-refractivity contribution in [3.63, 3.8) is 0 Å². The van der Waals surface area contributed by atoms with Gasteiger partial charge in [-0.05, 0) is 12.1 Å². The van der Waals surface area contributed by atoms with Crippen molar-refractivity contribution in [1.29, 1.82) is 0 Å². The molecule has 0 N–H and O–H groups in total. The summed E-state index contributed by atoms with van der Waals surface area (Å²) in [4.78, 5) is 20.3. The molecule has 21 heavy (non-hydrogen) atoms. The van der Waals surface area contributed by atoms with Crippen LogP contribution in [-0.2, 0) is 16.0 Å². The summed E-state index contributed by atoms with van der Waals surface area (Å²) in [5.74, 6) is -0.214. The van der Waals surface area contributed by atoms with Crippen LogP contribution in [-0.4, -0.2) is 23.0 Å². The van der Waals surface area contributed by atoms with E-state index in [1.807, 2.05) is 41.8 Å². The molecule has 0 radical (unpaired) electrons. The number of hydrogen-bond acceptors (Lipinski definition) is 5. The molecule has 3 rings (SSSR count). The third kappa shape index (κ3) is 3.08. The number of carbonyl (C=O) groups is 1. The van der Waals surface area contributed by atoms with Gasteiger partial charge in [0.05, 0.1) is 30.4 Å². The Bertz CT molecular complexity index is 783. The first-order chi connectivity index (χ1) is 10.3. The van der Waals surface area contributed by atoms with Gasteiger partial charge in [0.15, 0.2) is 0 Å². The Morgan fingerprint density at radius 1 is 1.19 bits per heavy atom. The molecule has 106 valence electrons. The van der Waals surface area contributed by atoms with Crippen LogP contribution < -0.4 is 0 Å². The van der Waals surface area contributed by atoms with Crippen LogP contribution in [0.15, 0.2) is 41.8 Å². The highest BCUT2D eigenvalue weighted by atomic mass is 32.1. The second kappa shape index (κ2) is 6.01. The number of ether oxygens (including phenoxy) is 1. The lowest BCUT2D eigenvalue weighted by Crippen LogP contribution is -2.01. The second-order valence-electron chi connectivity index (χ2n) is 4.61. The van der Waals surface area contributed by atoms with Gasteiger partial charge in [-0.15, -0.1) is 11.3 Å². The normalized spacial score (nSPS) is 10.7. The SMILES string of the molecule is COC(=O)CCc1csc(-c2ccc3ccccc3n2)n1. The van der Waals surface area contributed by atoms with Gasteiger partial charge in [-0.25, -0.2) is 9.97 Å². The van der Waals surface area contributed by atoms with Gasteiger partial charge in [0.1, 0.15) is 5.01 Å². The largest absolute Gasteiger partial charge is 0.469 e. The topological polar surface area (TPSA) is 52.1 Å². The number of pyridine rings is 1. The maximum Gasteiger partial charge on any atom is 0.305 e. The number of methoxy groups -OCH3 is 1. The maximum atomic E-state index is 11.1. The van der Waals surface area contributed by atoms with Gasteiger partial charge < -0.3 is 4.74 Å². The molecule has 5 heteroatoms. The fourth-order valence-electron chi connectivity index (χ4n) is 2.06. The number of hydrogen-bond donors (Lipinski definition) is 0. The Kier molecular flexibility index (Phi) is 3.92. The molecule has 4 nitrogen and oxygen atoms in total. The molecule has 0 unspecified atom stereocenters. The number of para-hydroxylation sites is 1. The zero-order valence-corrected chi connectivity index (χ0v) is 12.4. The molecule has 0 aliphatic heterocycles. The molecule has 0 atom stereocenters. The zero-order chi connectivity index (χ0) is 14.7. The third-order valence-electron chi connectivity index (χ3n) is 3.18. The predicted octanol–water partition coefficient (Wildman–Crippen LogP) is 3.46. The number of aryl methyl sites for hydroxylation is 1. The number of fused-ring (bicyclic) bond motifs is 1. The zero-order valence-electron chi connectivity index (χ0n) is 11.6. The molecule has 0 amide bonds. The van der Waals surface area contributed by atoms with E-state index in [1.54, 1.807) is 11.3 Å². The number of carbonyl (C=O) groups excluding carboxylic acids is 1. The maximum absolute atomic E-state index is 11.1. The molecule has 2 heterocycles. The molecule has 0 spiro atoms. The average molecular weight is 298 g/mol. The number of aromatic nitrogens is 2. The Balaban J connectivity index is 1.82. The van der Waals surface area contributed by atoms with Crippen LogP contribution >= 0.6 is 11.3 Å². The smallest absolute Gasteiger partial charge is 0.305 e. The Morgan fingerprint density at radius 3 is 2.90 bits per heavy atom. The summed E-state index contributed by atoms with van der Waals surface area (Å²) in [6, 6.07) is 12.0. The van der Waals surface area contributed by atoms with Crippen molar-refractivity contribution in [2.24, 2.45) is 0 Å². The standard InChI is InChI=1S/C16H14N2O2S/c1-20-15(19)9-7-12-10-21-16(17-12)14-8-6-11-4-2-3-5-13(11)18-14/h2-6,8,10H,7,9H2,1H3. The lowest BCUT2D eigenvalue weighted by atomic mass is 10.2. The fourth-order valence-corrected chi connectivity index (χ4v) is 2.88. The summed E-state index contributed by atoms with van der Waals surface area (Å²) in [7, 11) is 1.40. The van der Waals surface area contributed by atoms with E-state index in [9.17, 15) is 4.79 Å². The van der Waals surface area contributed by atoms with Crippen molar-refractivity contribution in [3.8, 4) is 10.7 Å². The summed E-state index contributed by atoms with van der Waals surface area (Å²) in [5.41, 5.74) is 2.72. The number of thiazole rings is 1. The monoisotopic (exact) mass is 298 g/mol. The fraction of sp³-hybridized carbons (Fsp3) is 0.188. The van der Waals surface area contributed by atoms with E-state index in [1.165, 1.54) is 7.11 Å². The Morgan fingerprint density at radius 2 is 2.05 bits per heavy atom. The molecule has 0 aliphatic carbocycles. The summed E-state index contributed by atoms with van der Waals surface area (Å²) >= 11 is 1.54. The van der Waals surface area contributed by atoms with E-state index in [0.717, 1.165) is 27.3 Å². The minimum atomic E-state index is -0.214. The quantitative estimate of drug-likeness (QED) is 0.692. The van der Waals surface area contributed by atoms with Crippen LogP contribution in [0.4, 0.5) is 0 Å². The first-order valence-electron chi connectivity index (χ1n) is 6.63. The number of benzene rings is 1. The highest BCUT2D eigenvalue weighted by Crippen LogP contribution is 2.24. The molecular weight excluding hydrogens is 284 g/mol. The number of nitrogens with zero attached hydrogens (tertiary/aromatic N) is 2. The number of rotatable bonds is 4. The number of esters is 1. The van der Waals surface area contributed by atoms with E-state index >= 15 is 0 Å². The van der Waals surface area contributed by atoms with Gasteiger partial charge >= 0.3 is 5.97 Å². The van der Waals surface area contributed by atoms with Crippen LogP contribution in [0.5, 0.6) is 0 Å². The molecule has 3 aromatic rings. The van der Waals surface area contributed by atoms with Gasteiger partial charge in [-0.1, -0.05) is 24.3 Å². The van der Waals surface area contributed by atoms with Crippen LogP contribution in [0.1, 0.15) is 12.1 Å². The summed E-state index contributed by atoms with van der Waals surface area (Å²) in [6.45, 7) is 0. The summed E-state index contributed by atoms with van der Waals surface area (Å²) < 4.78 is 4.64. The van der Waals surface area contributed by atoms with Gasteiger partial charge in [0, 0.05) is 17.2 Å². The second-order valence-corrected chi connectivity index (χ2v) is 5.47. The Labute approximate surface area is 126 Å². The van der Waals surface area contributed by atoms with Crippen molar-refractivity contribution in [2.45, 2.75) is 12.8 Å². The average Bonchev–Trinajstić information content (AvgIpc) is 3.01. The minimum absolute atomic E-state index is 0.214. The molecule has 0 aliphatic rings. The van der Waals surface area contributed by atoms with Crippen molar-refractivity contribution in [3.05, 3.63) is 47.5 Å². The van der Waals surface area contributed by atoms with Crippen LogP contribution in [0.2, 0.25) is 0 Å². The van der Waals surface area contributed by atoms with Gasteiger partial charge in [0.25, 0.3) is 0 Å². The van der Waals surface area contributed by atoms with Gasteiger partial charge in [0.2, 0.25) is 0 Å². The van der Waals surface area contributed by atoms with Gasteiger partial charge in [-0.3, -0.25) is 4.79 Å². The molecular formula is C16H14N2O2S. The van der Waals surface area contributed by atoms with Crippen LogP contribution in [0, 0.1) is 0 Å². The van der Waals surface area contributed by atoms with E-state index < -0.39 is 0 Å².